The number of phenolic OH excluding ortho intramolecular Hbond substituents is 1. The van der Waals surface area contributed by atoms with Crippen molar-refractivity contribution in [3.05, 3.63) is 59.2 Å². The standard InChI is InChI=1S/C16H18N2O2/c1-11-2-4-12(5-3-11)8-16(20)18-10-13-9-14(17)6-7-15(13)19/h2-7,9,19H,8,10,17H2,1H3,(H,18,20). The molecule has 0 aliphatic heterocycles. The van der Waals surface area contributed by atoms with E-state index in [2.05, 4.69) is 5.32 Å². The van der Waals surface area contributed by atoms with E-state index in [0.717, 1.165) is 5.56 Å². The second-order valence-corrected chi connectivity index (χ2v) is 4.83. The Morgan fingerprint density at radius 1 is 1.20 bits per heavy atom. The van der Waals surface area contributed by atoms with Gasteiger partial charge in [-0.3, -0.25) is 4.79 Å². The molecule has 104 valence electrons. The normalized spacial score (nSPS) is 10.2. The highest BCUT2D eigenvalue weighted by Crippen LogP contribution is 2.19. The number of aromatic hydroxyl groups is 1. The van der Waals surface area contributed by atoms with Crippen LogP contribution in [0.5, 0.6) is 5.75 Å². The predicted molar refractivity (Wildman–Crippen MR) is 79.2 cm³/mol. The third-order valence-corrected chi connectivity index (χ3v) is 3.06. The van der Waals surface area contributed by atoms with Crippen molar-refractivity contribution in [3.63, 3.8) is 0 Å². The Morgan fingerprint density at radius 2 is 1.90 bits per heavy atom. The summed E-state index contributed by atoms with van der Waals surface area (Å²) in [5, 5.41) is 12.4. The molecule has 2 aromatic carbocycles. The van der Waals surface area contributed by atoms with E-state index < -0.39 is 0 Å². The molecular formula is C16H18N2O2. The first-order valence-electron chi connectivity index (χ1n) is 6.44. The number of nitrogens with one attached hydrogen (secondary N) is 1. The zero-order chi connectivity index (χ0) is 14.5. The molecule has 0 aliphatic carbocycles. The molecule has 0 bridgehead atoms. The number of carbonyl (C=O) groups is 1. The minimum Gasteiger partial charge on any atom is -0.508 e. The number of hydrogen-bond donors (Lipinski definition) is 3. The molecule has 0 saturated carbocycles. The Bertz CT molecular complexity index is 606. The van der Waals surface area contributed by atoms with Gasteiger partial charge in [0.05, 0.1) is 6.42 Å². The largest absolute Gasteiger partial charge is 0.508 e. The third kappa shape index (κ3) is 3.75. The molecule has 0 heterocycles. The smallest absolute Gasteiger partial charge is 0.224 e. The maximum absolute atomic E-state index is 11.8. The summed E-state index contributed by atoms with van der Waals surface area (Å²) in [6.07, 6.45) is 0.323. The van der Waals surface area contributed by atoms with Gasteiger partial charge in [-0.05, 0) is 30.7 Å². The Balaban J connectivity index is 1.92. The first-order chi connectivity index (χ1) is 9.54. The fourth-order valence-electron chi connectivity index (χ4n) is 1.89. The van der Waals surface area contributed by atoms with Gasteiger partial charge < -0.3 is 16.2 Å². The zero-order valence-electron chi connectivity index (χ0n) is 11.4. The van der Waals surface area contributed by atoms with Crippen LogP contribution in [0.4, 0.5) is 5.69 Å². The minimum absolute atomic E-state index is 0.0873. The lowest BCUT2D eigenvalue weighted by atomic mass is 10.1. The lowest BCUT2D eigenvalue weighted by molar-refractivity contribution is -0.120. The van der Waals surface area contributed by atoms with Crippen LogP contribution in [0, 0.1) is 6.92 Å². The van der Waals surface area contributed by atoms with Gasteiger partial charge in [0, 0.05) is 17.8 Å². The van der Waals surface area contributed by atoms with Crippen LogP contribution in [0.1, 0.15) is 16.7 Å². The lowest BCUT2D eigenvalue weighted by Gasteiger charge is -2.08. The van der Waals surface area contributed by atoms with Crippen LogP contribution in [0.25, 0.3) is 0 Å². The molecule has 0 fully saturated rings. The predicted octanol–water partition coefficient (Wildman–Crippen LogP) is 2.14. The number of hydrogen-bond acceptors (Lipinski definition) is 3. The highest BCUT2D eigenvalue weighted by molar-refractivity contribution is 5.78. The molecule has 2 rings (SSSR count). The summed E-state index contributed by atoms with van der Waals surface area (Å²) in [7, 11) is 0. The maximum atomic E-state index is 11.8. The van der Waals surface area contributed by atoms with Crippen molar-refractivity contribution in [1.29, 1.82) is 0 Å². The quantitative estimate of drug-likeness (QED) is 0.588. The van der Waals surface area contributed by atoms with Gasteiger partial charge in [-0.1, -0.05) is 29.8 Å². The van der Waals surface area contributed by atoms with Crippen molar-refractivity contribution in [3.8, 4) is 5.75 Å². The molecule has 0 radical (unpaired) electrons. The van der Waals surface area contributed by atoms with E-state index in [1.54, 1.807) is 12.1 Å². The summed E-state index contributed by atoms with van der Waals surface area (Å²) >= 11 is 0. The van der Waals surface area contributed by atoms with Crippen molar-refractivity contribution in [1.82, 2.24) is 5.32 Å². The van der Waals surface area contributed by atoms with Crippen LogP contribution < -0.4 is 11.1 Å². The van der Waals surface area contributed by atoms with Crippen molar-refractivity contribution in [2.45, 2.75) is 19.9 Å². The summed E-state index contributed by atoms with van der Waals surface area (Å²) in [6.45, 7) is 2.27. The molecule has 0 unspecified atom stereocenters. The highest BCUT2D eigenvalue weighted by Gasteiger charge is 2.06. The Hall–Kier alpha value is -2.49. The number of nitrogen functional groups attached to an aromatic ring is 1. The van der Waals surface area contributed by atoms with Crippen LogP contribution in [0.2, 0.25) is 0 Å². The second-order valence-electron chi connectivity index (χ2n) is 4.83. The van der Waals surface area contributed by atoms with E-state index >= 15 is 0 Å². The van der Waals surface area contributed by atoms with Crippen molar-refractivity contribution in [2.75, 3.05) is 5.73 Å². The van der Waals surface area contributed by atoms with Crippen molar-refractivity contribution >= 4 is 11.6 Å². The molecule has 2 aromatic rings. The molecule has 4 nitrogen and oxygen atoms in total. The van der Waals surface area contributed by atoms with Gasteiger partial charge in [-0.15, -0.1) is 0 Å². The van der Waals surface area contributed by atoms with Crippen LogP contribution in [0.3, 0.4) is 0 Å². The summed E-state index contributed by atoms with van der Waals surface area (Å²) in [4.78, 5) is 11.8. The van der Waals surface area contributed by atoms with E-state index in [0.29, 0.717) is 17.7 Å². The number of phenols is 1. The summed E-state index contributed by atoms with van der Waals surface area (Å²) in [5.41, 5.74) is 8.95. The van der Waals surface area contributed by atoms with Gasteiger partial charge in [0.15, 0.2) is 0 Å². The number of nitrogens with two attached hydrogens (primary N) is 1. The monoisotopic (exact) mass is 270 g/mol. The first-order valence-corrected chi connectivity index (χ1v) is 6.44. The molecule has 4 N–H and O–H groups in total. The molecular weight excluding hydrogens is 252 g/mol. The minimum atomic E-state index is -0.0873. The summed E-state index contributed by atoms with van der Waals surface area (Å²) < 4.78 is 0. The summed E-state index contributed by atoms with van der Waals surface area (Å²) in [5.74, 6) is 0.0468. The number of amides is 1. The Labute approximate surface area is 118 Å². The fourth-order valence-corrected chi connectivity index (χ4v) is 1.89. The maximum Gasteiger partial charge on any atom is 0.224 e. The van der Waals surface area contributed by atoms with Crippen molar-refractivity contribution < 1.29 is 9.90 Å². The molecule has 0 saturated heterocycles. The Morgan fingerprint density at radius 3 is 2.60 bits per heavy atom. The zero-order valence-corrected chi connectivity index (χ0v) is 11.4. The molecule has 0 spiro atoms. The molecule has 0 aromatic heterocycles. The van der Waals surface area contributed by atoms with Gasteiger partial charge in [0.1, 0.15) is 5.75 Å². The third-order valence-electron chi connectivity index (χ3n) is 3.06. The van der Waals surface area contributed by atoms with E-state index in [9.17, 15) is 9.90 Å². The molecule has 1 amide bonds. The van der Waals surface area contributed by atoms with Crippen LogP contribution >= 0.6 is 0 Å². The highest BCUT2D eigenvalue weighted by atomic mass is 16.3. The first kappa shape index (κ1) is 13.9. The van der Waals surface area contributed by atoms with Crippen LogP contribution in [0.15, 0.2) is 42.5 Å². The van der Waals surface area contributed by atoms with E-state index in [4.69, 9.17) is 5.73 Å². The average molecular weight is 270 g/mol. The second kappa shape index (κ2) is 6.10. The van der Waals surface area contributed by atoms with E-state index in [1.807, 2.05) is 31.2 Å². The molecule has 0 aliphatic rings. The number of carbonyl (C=O) groups excluding carboxylic acids is 1. The van der Waals surface area contributed by atoms with E-state index in [1.165, 1.54) is 11.6 Å². The van der Waals surface area contributed by atoms with Gasteiger partial charge in [0.25, 0.3) is 0 Å². The number of benzene rings is 2. The topological polar surface area (TPSA) is 75.4 Å². The van der Waals surface area contributed by atoms with Gasteiger partial charge >= 0.3 is 0 Å². The van der Waals surface area contributed by atoms with E-state index in [-0.39, 0.29) is 18.2 Å². The van der Waals surface area contributed by atoms with Crippen LogP contribution in [-0.2, 0) is 17.8 Å². The number of anilines is 1. The molecule has 20 heavy (non-hydrogen) atoms. The Kier molecular flexibility index (Phi) is 4.25. The SMILES string of the molecule is Cc1ccc(CC(=O)NCc2cc(N)ccc2O)cc1. The lowest BCUT2D eigenvalue weighted by Crippen LogP contribution is -2.24. The van der Waals surface area contributed by atoms with Gasteiger partial charge in [-0.25, -0.2) is 0 Å². The average Bonchev–Trinajstić information content (AvgIpc) is 2.42. The molecule has 4 heteroatoms. The van der Waals surface area contributed by atoms with Gasteiger partial charge in [0.2, 0.25) is 5.91 Å². The number of aryl methyl sites for hydroxylation is 1. The summed E-state index contributed by atoms with van der Waals surface area (Å²) in [6, 6.07) is 12.6. The molecule has 0 atom stereocenters. The van der Waals surface area contributed by atoms with Gasteiger partial charge in [-0.2, -0.15) is 0 Å². The fraction of sp³-hybridized carbons (Fsp3) is 0.188. The number of rotatable bonds is 4. The van der Waals surface area contributed by atoms with Crippen molar-refractivity contribution in [2.24, 2.45) is 0 Å². The van der Waals surface area contributed by atoms with Crippen LogP contribution in [-0.4, -0.2) is 11.0 Å².